The highest BCUT2D eigenvalue weighted by atomic mass is 127. The number of hydrogen-bond acceptors (Lipinski definition) is 3. The van der Waals surface area contributed by atoms with Crippen molar-refractivity contribution in [2.75, 3.05) is 13.7 Å². The van der Waals surface area contributed by atoms with E-state index in [1.807, 2.05) is 18.2 Å². The Kier molecular flexibility index (Phi) is 8.16. The molecule has 4 heteroatoms. The molecule has 0 aliphatic carbocycles. The molecule has 0 amide bonds. The van der Waals surface area contributed by atoms with E-state index < -0.39 is 0 Å². The van der Waals surface area contributed by atoms with E-state index in [0.29, 0.717) is 12.4 Å². The molecule has 0 bridgehead atoms. The number of benzene rings is 2. The molecule has 1 N–H and O–H groups in total. The molecule has 1 heterocycles. The zero-order valence-electron chi connectivity index (χ0n) is 17.7. The molecule has 1 atom stereocenters. The maximum absolute atomic E-state index is 10.2. The van der Waals surface area contributed by atoms with Gasteiger partial charge in [0.2, 0.25) is 0 Å². The summed E-state index contributed by atoms with van der Waals surface area (Å²) >= 11 is 2.13. The molecule has 0 radical (unpaired) electrons. The fourth-order valence-electron chi connectivity index (χ4n) is 3.80. The van der Waals surface area contributed by atoms with Gasteiger partial charge in [-0.15, -0.1) is 0 Å². The minimum absolute atomic E-state index is 0.102. The quantitative estimate of drug-likeness (QED) is 0.288. The number of hydrogen-bond donors (Lipinski definition) is 1. The van der Waals surface area contributed by atoms with E-state index in [1.165, 1.54) is 22.3 Å². The first-order valence-electron chi connectivity index (χ1n) is 10.4. The second kappa shape index (κ2) is 10.8. The highest BCUT2D eigenvalue weighted by molar-refractivity contribution is 14.1. The van der Waals surface area contributed by atoms with Gasteiger partial charge in [-0.3, -0.25) is 0 Å². The number of methoxy groups -OCH3 is 1. The van der Waals surface area contributed by atoms with Crippen LogP contribution in [-0.2, 0) is 4.74 Å². The molecule has 0 fully saturated rings. The lowest BCUT2D eigenvalue weighted by molar-refractivity contribution is 0.117. The molecule has 3 nitrogen and oxygen atoms in total. The molecule has 3 rings (SSSR count). The molecule has 0 spiro atoms. The van der Waals surface area contributed by atoms with E-state index in [-0.39, 0.29) is 11.9 Å². The van der Waals surface area contributed by atoms with Crippen LogP contribution in [0.25, 0.3) is 11.6 Å². The lowest BCUT2D eigenvalue weighted by Gasteiger charge is -2.18. The lowest BCUT2D eigenvalue weighted by atomic mass is 9.92. The van der Waals surface area contributed by atoms with Crippen molar-refractivity contribution in [2.45, 2.75) is 38.7 Å². The second-order valence-corrected chi connectivity index (χ2v) is 8.63. The number of allylic oxidation sites excluding steroid dienone is 1. The van der Waals surface area contributed by atoms with Crippen molar-refractivity contribution in [2.24, 2.45) is 0 Å². The highest BCUT2D eigenvalue weighted by Gasteiger charge is 2.22. The third-order valence-electron chi connectivity index (χ3n) is 5.34. The molecule has 0 saturated heterocycles. The van der Waals surface area contributed by atoms with Crippen molar-refractivity contribution in [3.8, 4) is 11.5 Å². The molecular formula is C26H29IO3. The summed E-state index contributed by atoms with van der Waals surface area (Å²) in [5.74, 6) is 0.667. The van der Waals surface area contributed by atoms with Gasteiger partial charge in [0, 0.05) is 0 Å². The van der Waals surface area contributed by atoms with Crippen LogP contribution in [-0.4, -0.2) is 24.9 Å². The van der Waals surface area contributed by atoms with Gasteiger partial charge >= 0.3 is 0 Å². The van der Waals surface area contributed by atoms with Gasteiger partial charge in [-0.25, -0.2) is 0 Å². The van der Waals surface area contributed by atoms with E-state index in [0.717, 1.165) is 34.8 Å². The number of ether oxygens (including phenoxy) is 2. The summed E-state index contributed by atoms with van der Waals surface area (Å²) in [6.45, 7) is 7.11. The summed E-state index contributed by atoms with van der Waals surface area (Å²) in [4.78, 5) is 0. The number of phenols is 1. The van der Waals surface area contributed by atoms with Crippen LogP contribution in [0.1, 0.15) is 43.7 Å². The summed E-state index contributed by atoms with van der Waals surface area (Å²) in [5, 5.41) is 10.2. The fourth-order valence-corrected chi connectivity index (χ4v) is 4.43. The summed E-state index contributed by atoms with van der Waals surface area (Å²) in [6, 6.07) is 14.3. The van der Waals surface area contributed by atoms with Crippen molar-refractivity contribution in [1.29, 1.82) is 0 Å². The van der Waals surface area contributed by atoms with Crippen molar-refractivity contribution in [3.05, 3.63) is 81.0 Å². The van der Waals surface area contributed by atoms with Gasteiger partial charge in [-0.05, 0) is 81.8 Å². The molecule has 0 saturated carbocycles. The van der Waals surface area contributed by atoms with Gasteiger partial charge in [-0.2, -0.15) is 0 Å². The van der Waals surface area contributed by atoms with Gasteiger partial charge in [-0.1, -0.05) is 62.4 Å². The zero-order chi connectivity index (χ0) is 21.5. The largest absolute Gasteiger partial charge is 0.504 e. The van der Waals surface area contributed by atoms with Crippen LogP contribution < -0.4 is 4.74 Å². The minimum atomic E-state index is 0.102. The SMILES string of the molecule is C=C(CCC)C1=CCOC1CC/C(=C/c1cc(I)c(O)c(OC)c1)c1ccccc1. The van der Waals surface area contributed by atoms with Crippen molar-refractivity contribution >= 4 is 34.2 Å². The average Bonchev–Trinajstić information content (AvgIpc) is 3.23. The van der Waals surface area contributed by atoms with Crippen LogP contribution >= 0.6 is 22.6 Å². The normalized spacial score (nSPS) is 16.4. The van der Waals surface area contributed by atoms with Crippen LogP contribution in [0.4, 0.5) is 0 Å². The van der Waals surface area contributed by atoms with E-state index in [2.05, 4.69) is 72.5 Å². The van der Waals surface area contributed by atoms with Gasteiger partial charge in [0.05, 0.1) is 23.4 Å². The molecule has 2 aromatic rings. The standard InChI is InChI=1S/C26H29IO3/c1-4-8-18(2)22-13-14-30-24(22)12-11-21(20-9-6-5-7-10-20)15-19-16-23(27)26(28)25(17-19)29-3/h5-7,9-10,13,15-17,24,28H,2,4,8,11-12,14H2,1,3H3/b21-15-. The Morgan fingerprint density at radius 2 is 2.03 bits per heavy atom. The summed E-state index contributed by atoms with van der Waals surface area (Å²) in [6.07, 6.45) is 8.36. The minimum Gasteiger partial charge on any atom is -0.504 e. The Labute approximate surface area is 193 Å². The second-order valence-electron chi connectivity index (χ2n) is 7.46. The summed E-state index contributed by atoms with van der Waals surface area (Å²) in [5.41, 5.74) is 5.89. The van der Waals surface area contributed by atoms with Gasteiger partial charge in [0.15, 0.2) is 11.5 Å². The molecule has 0 aromatic heterocycles. The Hall–Kier alpha value is -2.05. The van der Waals surface area contributed by atoms with E-state index in [9.17, 15) is 5.11 Å². The number of rotatable bonds is 9. The zero-order valence-corrected chi connectivity index (χ0v) is 19.8. The lowest BCUT2D eigenvalue weighted by Crippen LogP contribution is -2.11. The summed E-state index contributed by atoms with van der Waals surface area (Å²) in [7, 11) is 1.57. The molecule has 1 unspecified atom stereocenters. The van der Waals surface area contributed by atoms with Crippen LogP contribution in [0, 0.1) is 3.57 Å². The monoisotopic (exact) mass is 516 g/mol. The fraction of sp³-hybridized carbons (Fsp3) is 0.308. The topological polar surface area (TPSA) is 38.7 Å². The smallest absolute Gasteiger partial charge is 0.171 e. The predicted molar refractivity (Wildman–Crippen MR) is 133 cm³/mol. The molecular weight excluding hydrogens is 487 g/mol. The van der Waals surface area contributed by atoms with Crippen molar-refractivity contribution in [1.82, 2.24) is 0 Å². The van der Waals surface area contributed by atoms with Gasteiger partial charge in [0.1, 0.15) is 0 Å². The van der Waals surface area contributed by atoms with Gasteiger partial charge < -0.3 is 14.6 Å². The maximum Gasteiger partial charge on any atom is 0.171 e. The Balaban J connectivity index is 1.86. The van der Waals surface area contributed by atoms with E-state index in [1.54, 1.807) is 7.11 Å². The third-order valence-corrected chi connectivity index (χ3v) is 6.16. The third kappa shape index (κ3) is 5.55. The Morgan fingerprint density at radius 1 is 1.27 bits per heavy atom. The van der Waals surface area contributed by atoms with E-state index in [4.69, 9.17) is 9.47 Å². The van der Waals surface area contributed by atoms with Crippen LogP contribution in [0.3, 0.4) is 0 Å². The first-order chi connectivity index (χ1) is 14.5. The number of aromatic hydroxyl groups is 1. The highest BCUT2D eigenvalue weighted by Crippen LogP contribution is 2.35. The molecule has 30 heavy (non-hydrogen) atoms. The number of halogens is 1. The first kappa shape index (κ1) is 22.6. The molecule has 1 aliphatic rings. The predicted octanol–water partition coefficient (Wildman–Crippen LogP) is 7.01. The van der Waals surface area contributed by atoms with Gasteiger partial charge in [0.25, 0.3) is 0 Å². The molecule has 2 aromatic carbocycles. The van der Waals surface area contributed by atoms with Crippen LogP contribution in [0.2, 0.25) is 0 Å². The Morgan fingerprint density at radius 3 is 2.73 bits per heavy atom. The maximum atomic E-state index is 10.2. The van der Waals surface area contributed by atoms with Crippen molar-refractivity contribution in [3.63, 3.8) is 0 Å². The van der Waals surface area contributed by atoms with Crippen molar-refractivity contribution < 1.29 is 14.6 Å². The number of phenolic OH excluding ortho intramolecular Hbond substituents is 1. The van der Waals surface area contributed by atoms with Crippen LogP contribution in [0.5, 0.6) is 11.5 Å². The summed E-state index contributed by atoms with van der Waals surface area (Å²) < 4.78 is 12.1. The molecule has 1 aliphatic heterocycles. The Bertz CT molecular complexity index is 944. The van der Waals surface area contributed by atoms with E-state index >= 15 is 0 Å². The molecule has 158 valence electrons. The van der Waals surface area contributed by atoms with Crippen LogP contribution in [0.15, 0.2) is 66.3 Å². The average molecular weight is 516 g/mol. The first-order valence-corrected chi connectivity index (χ1v) is 11.4.